The molecule has 0 atom stereocenters. The molecule has 0 saturated carbocycles. The van der Waals surface area contributed by atoms with E-state index in [9.17, 15) is 4.79 Å². The number of benzene rings is 1. The molecule has 6 heteroatoms. The van der Waals surface area contributed by atoms with E-state index in [1.165, 1.54) is 12.5 Å². The molecule has 1 aromatic heterocycles. The standard InChI is InChI=1S/C14H15Cl2N3O/c1-8(20)18-19-12-5-7-17-6-4-9(12)10-2-3-11(15)13(16)14(10)19/h2-3,17H,4-7H2,1H3,(H,18,20). The molecule has 4 nitrogen and oxygen atoms in total. The minimum atomic E-state index is -0.127. The Hall–Kier alpha value is -1.23. The van der Waals surface area contributed by atoms with Gasteiger partial charge in [0.1, 0.15) is 0 Å². The van der Waals surface area contributed by atoms with Gasteiger partial charge in [0.15, 0.2) is 0 Å². The first-order chi connectivity index (χ1) is 9.59. The van der Waals surface area contributed by atoms with Gasteiger partial charge >= 0.3 is 0 Å². The van der Waals surface area contributed by atoms with Gasteiger partial charge in [-0.25, -0.2) is 0 Å². The molecular formula is C14H15Cl2N3O. The lowest BCUT2D eigenvalue weighted by Crippen LogP contribution is -2.23. The maximum atomic E-state index is 11.5. The summed E-state index contributed by atoms with van der Waals surface area (Å²) >= 11 is 12.5. The monoisotopic (exact) mass is 311 g/mol. The number of carbonyl (C=O) groups is 1. The molecule has 0 radical (unpaired) electrons. The van der Waals surface area contributed by atoms with E-state index in [0.717, 1.165) is 42.5 Å². The highest BCUT2D eigenvalue weighted by Crippen LogP contribution is 2.36. The Balaban J connectivity index is 2.33. The summed E-state index contributed by atoms with van der Waals surface area (Å²) in [5.41, 5.74) is 5.99. The Kier molecular flexibility index (Phi) is 3.63. The van der Waals surface area contributed by atoms with Crippen molar-refractivity contribution in [3.63, 3.8) is 0 Å². The van der Waals surface area contributed by atoms with Crippen LogP contribution in [0.2, 0.25) is 10.0 Å². The van der Waals surface area contributed by atoms with Gasteiger partial charge in [0.2, 0.25) is 5.91 Å². The molecule has 0 spiro atoms. The number of hydrogen-bond acceptors (Lipinski definition) is 2. The number of fused-ring (bicyclic) bond motifs is 3. The molecule has 106 valence electrons. The highest BCUT2D eigenvalue weighted by atomic mass is 35.5. The molecule has 2 aromatic rings. The predicted octanol–water partition coefficient (Wildman–Crippen LogP) is 2.73. The molecule has 1 aromatic carbocycles. The molecule has 0 aliphatic carbocycles. The quantitative estimate of drug-likeness (QED) is 0.850. The van der Waals surface area contributed by atoms with Crippen LogP contribution in [0, 0.1) is 0 Å². The summed E-state index contributed by atoms with van der Waals surface area (Å²) in [5, 5.41) is 5.41. The van der Waals surface area contributed by atoms with Gasteiger partial charge in [-0.1, -0.05) is 29.3 Å². The Morgan fingerprint density at radius 1 is 1.30 bits per heavy atom. The summed E-state index contributed by atoms with van der Waals surface area (Å²) in [5.74, 6) is -0.127. The van der Waals surface area contributed by atoms with Crippen LogP contribution < -0.4 is 10.7 Å². The number of hydrogen-bond donors (Lipinski definition) is 2. The SMILES string of the molecule is CC(=O)Nn1c2c(c3ccc(Cl)c(Cl)c31)CCNCC2. The van der Waals surface area contributed by atoms with Gasteiger partial charge in [0, 0.05) is 31.0 Å². The number of nitrogens with zero attached hydrogens (tertiary/aromatic N) is 1. The van der Waals surface area contributed by atoms with Gasteiger partial charge in [-0.2, -0.15) is 0 Å². The van der Waals surface area contributed by atoms with Crippen LogP contribution in [0.25, 0.3) is 10.9 Å². The molecule has 0 fully saturated rings. The van der Waals surface area contributed by atoms with Crippen molar-refractivity contribution in [2.75, 3.05) is 18.5 Å². The summed E-state index contributed by atoms with van der Waals surface area (Å²) < 4.78 is 1.80. The maximum Gasteiger partial charge on any atom is 0.235 e. The minimum absolute atomic E-state index is 0.127. The lowest BCUT2D eigenvalue weighted by Gasteiger charge is -2.12. The average Bonchev–Trinajstić information content (AvgIpc) is 2.58. The number of nitrogens with one attached hydrogen (secondary N) is 2. The fourth-order valence-corrected chi connectivity index (χ4v) is 3.20. The molecule has 1 aliphatic rings. The Morgan fingerprint density at radius 2 is 2.05 bits per heavy atom. The van der Waals surface area contributed by atoms with Crippen molar-refractivity contribution in [2.24, 2.45) is 0 Å². The van der Waals surface area contributed by atoms with Crippen molar-refractivity contribution in [2.45, 2.75) is 19.8 Å². The Morgan fingerprint density at radius 3 is 2.80 bits per heavy atom. The fraction of sp³-hybridized carbons (Fsp3) is 0.357. The third-order valence-corrected chi connectivity index (χ3v) is 4.39. The Bertz CT molecular complexity index is 694. The largest absolute Gasteiger partial charge is 0.316 e. The van der Waals surface area contributed by atoms with Crippen molar-refractivity contribution in [1.82, 2.24) is 9.99 Å². The van der Waals surface area contributed by atoms with Crippen molar-refractivity contribution < 1.29 is 4.79 Å². The Labute approximate surface area is 127 Å². The van der Waals surface area contributed by atoms with E-state index < -0.39 is 0 Å². The molecular weight excluding hydrogens is 297 g/mol. The van der Waals surface area contributed by atoms with Crippen molar-refractivity contribution in [3.05, 3.63) is 33.4 Å². The summed E-state index contributed by atoms with van der Waals surface area (Å²) in [6, 6.07) is 3.79. The summed E-state index contributed by atoms with van der Waals surface area (Å²) in [4.78, 5) is 11.5. The summed E-state index contributed by atoms with van der Waals surface area (Å²) in [6.45, 7) is 3.30. The van der Waals surface area contributed by atoms with E-state index in [-0.39, 0.29) is 5.91 Å². The first-order valence-electron chi connectivity index (χ1n) is 6.58. The zero-order valence-corrected chi connectivity index (χ0v) is 12.6. The third kappa shape index (κ3) is 2.18. The average molecular weight is 312 g/mol. The topological polar surface area (TPSA) is 46.1 Å². The van der Waals surface area contributed by atoms with Gasteiger partial charge < -0.3 is 5.32 Å². The molecule has 2 N–H and O–H groups in total. The number of rotatable bonds is 1. The second-order valence-electron chi connectivity index (χ2n) is 4.94. The molecule has 0 bridgehead atoms. The van der Waals surface area contributed by atoms with E-state index in [0.29, 0.717) is 10.0 Å². The zero-order chi connectivity index (χ0) is 14.3. The molecule has 1 aliphatic heterocycles. The number of carbonyl (C=O) groups excluding carboxylic acids is 1. The molecule has 0 saturated heterocycles. The van der Waals surface area contributed by atoms with E-state index >= 15 is 0 Å². The summed E-state index contributed by atoms with van der Waals surface area (Å²) in [6.07, 6.45) is 1.76. The van der Waals surface area contributed by atoms with E-state index in [4.69, 9.17) is 23.2 Å². The van der Waals surface area contributed by atoms with E-state index in [2.05, 4.69) is 10.7 Å². The third-order valence-electron chi connectivity index (χ3n) is 3.60. The molecule has 1 amide bonds. The normalized spacial score (nSPS) is 14.9. The van der Waals surface area contributed by atoms with Crippen molar-refractivity contribution >= 4 is 40.0 Å². The van der Waals surface area contributed by atoms with Crippen molar-refractivity contribution in [3.8, 4) is 0 Å². The van der Waals surface area contributed by atoms with Crippen LogP contribution >= 0.6 is 23.2 Å². The van der Waals surface area contributed by atoms with Gasteiger partial charge in [0.25, 0.3) is 0 Å². The van der Waals surface area contributed by atoms with Gasteiger partial charge in [-0.3, -0.25) is 14.9 Å². The predicted molar refractivity (Wildman–Crippen MR) is 82.3 cm³/mol. The number of aromatic nitrogens is 1. The van der Waals surface area contributed by atoms with Gasteiger partial charge in [-0.15, -0.1) is 0 Å². The highest BCUT2D eigenvalue weighted by molar-refractivity contribution is 6.45. The molecule has 3 rings (SSSR count). The second kappa shape index (κ2) is 5.28. The van der Waals surface area contributed by atoms with Crippen molar-refractivity contribution in [1.29, 1.82) is 0 Å². The van der Waals surface area contributed by atoms with Crippen LogP contribution in [-0.4, -0.2) is 23.7 Å². The first-order valence-corrected chi connectivity index (χ1v) is 7.33. The molecule has 0 unspecified atom stereocenters. The first kappa shape index (κ1) is 13.7. The van der Waals surface area contributed by atoms with E-state index in [1.54, 1.807) is 4.68 Å². The van der Waals surface area contributed by atoms with Crippen LogP contribution in [-0.2, 0) is 17.6 Å². The van der Waals surface area contributed by atoms with E-state index in [1.807, 2.05) is 12.1 Å². The fourth-order valence-electron chi connectivity index (χ4n) is 2.80. The second-order valence-corrected chi connectivity index (χ2v) is 5.72. The zero-order valence-electron chi connectivity index (χ0n) is 11.1. The van der Waals surface area contributed by atoms with Gasteiger partial charge in [-0.05, 0) is 24.6 Å². The van der Waals surface area contributed by atoms with Crippen LogP contribution in [0.3, 0.4) is 0 Å². The number of amides is 1. The van der Waals surface area contributed by atoms with Crippen LogP contribution in [0.15, 0.2) is 12.1 Å². The molecule has 20 heavy (non-hydrogen) atoms. The smallest absolute Gasteiger partial charge is 0.235 e. The lowest BCUT2D eigenvalue weighted by atomic mass is 10.1. The highest BCUT2D eigenvalue weighted by Gasteiger charge is 2.22. The lowest BCUT2D eigenvalue weighted by molar-refractivity contribution is -0.115. The minimum Gasteiger partial charge on any atom is -0.316 e. The summed E-state index contributed by atoms with van der Waals surface area (Å²) in [7, 11) is 0. The van der Waals surface area contributed by atoms with Crippen LogP contribution in [0.1, 0.15) is 18.2 Å². The molecule has 2 heterocycles. The van der Waals surface area contributed by atoms with Gasteiger partial charge in [0.05, 0.1) is 15.6 Å². The van der Waals surface area contributed by atoms with Crippen LogP contribution in [0.4, 0.5) is 0 Å². The maximum absolute atomic E-state index is 11.5. The van der Waals surface area contributed by atoms with Crippen LogP contribution in [0.5, 0.6) is 0 Å². The number of halogens is 2.